The third-order valence-corrected chi connectivity index (χ3v) is 6.10. The van der Waals surface area contributed by atoms with E-state index >= 15 is 0 Å². The Morgan fingerprint density at radius 3 is 2.66 bits per heavy atom. The van der Waals surface area contributed by atoms with Gasteiger partial charge >= 0.3 is 6.03 Å². The molecular weight excluding hydrogens is 405 g/mol. The molecule has 1 aliphatic heterocycles. The smallest absolute Gasteiger partial charge is 0.322 e. The number of nitrogens with one attached hydrogen (secondary N) is 1. The topological polar surface area (TPSA) is 58.4 Å². The van der Waals surface area contributed by atoms with Crippen molar-refractivity contribution in [3.8, 4) is 11.1 Å². The maximum absolute atomic E-state index is 14.2. The number of fused-ring (bicyclic) bond motifs is 1. The minimum Gasteiger partial charge on any atom is -0.438 e. The van der Waals surface area contributed by atoms with Crippen molar-refractivity contribution in [1.82, 2.24) is 9.88 Å². The lowest BCUT2D eigenvalue weighted by Crippen LogP contribution is -2.35. The standard InChI is InChI=1S/C26H24FN3O2/c1-16-7-5-8-17(2)24(16)29-26(31)30-14-6-11-22(30)25-28-21-15-18(12-13-23(21)32-25)19-9-3-4-10-20(19)27/h3-5,7-10,12-13,15,22H,6,11,14H2,1-2H3,(H,29,31). The molecule has 1 N–H and O–H groups in total. The van der Waals surface area contributed by atoms with E-state index in [9.17, 15) is 9.18 Å². The van der Waals surface area contributed by atoms with Gasteiger partial charge in [0.2, 0.25) is 5.89 Å². The predicted octanol–water partition coefficient (Wildman–Crippen LogP) is 6.62. The van der Waals surface area contributed by atoms with Crippen LogP contribution in [0.5, 0.6) is 0 Å². The van der Waals surface area contributed by atoms with E-state index in [1.54, 1.807) is 17.0 Å². The van der Waals surface area contributed by atoms with Crippen molar-refractivity contribution in [2.24, 2.45) is 0 Å². The van der Waals surface area contributed by atoms with Gasteiger partial charge in [-0.25, -0.2) is 14.2 Å². The van der Waals surface area contributed by atoms with Gasteiger partial charge in [0.1, 0.15) is 17.4 Å². The lowest BCUT2D eigenvalue weighted by molar-refractivity contribution is 0.199. The summed E-state index contributed by atoms with van der Waals surface area (Å²) < 4.78 is 20.2. The van der Waals surface area contributed by atoms with Crippen molar-refractivity contribution in [3.05, 3.63) is 83.5 Å². The number of urea groups is 1. The number of carbonyl (C=O) groups excluding carboxylic acids is 1. The Labute approximate surface area is 185 Å². The number of benzene rings is 3. The maximum atomic E-state index is 14.2. The third-order valence-electron chi connectivity index (χ3n) is 6.10. The number of likely N-dealkylation sites (tertiary alicyclic amines) is 1. The van der Waals surface area contributed by atoms with E-state index in [1.807, 2.05) is 56.3 Å². The van der Waals surface area contributed by atoms with Crippen LogP contribution in [0.25, 0.3) is 22.2 Å². The first-order valence-electron chi connectivity index (χ1n) is 10.8. The van der Waals surface area contributed by atoms with Gasteiger partial charge in [0.15, 0.2) is 5.58 Å². The first-order valence-corrected chi connectivity index (χ1v) is 10.8. The summed E-state index contributed by atoms with van der Waals surface area (Å²) in [4.78, 5) is 19.6. The van der Waals surface area contributed by atoms with Crippen molar-refractivity contribution in [1.29, 1.82) is 0 Å². The number of anilines is 1. The van der Waals surface area contributed by atoms with E-state index in [0.717, 1.165) is 35.2 Å². The largest absolute Gasteiger partial charge is 0.438 e. The summed E-state index contributed by atoms with van der Waals surface area (Å²) in [5, 5.41) is 3.07. The predicted molar refractivity (Wildman–Crippen MR) is 123 cm³/mol. The van der Waals surface area contributed by atoms with E-state index in [0.29, 0.717) is 29.1 Å². The quantitative estimate of drug-likeness (QED) is 0.398. The summed E-state index contributed by atoms with van der Waals surface area (Å²) in [7, 11) is 0. The van der Waals surface area contributed by atoms with Crippen LogP contribution in [0.15, 0.2) is 65.1 Å². The minimum atomic E-state index is -0.277. The highest BCUT2D eigenvalue weighted by Gasteiger charge is 2.34. The number of para-hydroxylation sites is 1. The van der Waals surface area contributed by atoms with Crippen LogP contribution < -0.4 is 5.32 Å². The highest BCUT2D eigenvalue weighted by molar-refractivity contribution is 5.91. The molecule has 1 unspecified atom stereocenters. The van der Waals surface area contributed by atoms with Crippen molar-refractivity contribution in [3.63, 3.8) is 0 Å². The molecule has 0 saturated carbocycles. The molecule has 0 radical (unpaired) electrons. The molecule has 1 saturated heterocycles. The van der Waals surface area contributed by atoms with Crippen LogP contribution in [-0.4, -0.2) is 22.5 Å². The van der Waals surface area contributed by atoms with Gasteiger partial charge in [-0.1, -0.05) is 42.5 Å². The van der Waals surface area contributed by atoms with Gasteiger partial charge < -0.3 is 14.6 Å². The summed E-state index contributed by atoms with van der Waals surface area (Å²) in [5.41, 5.74) is 5.44. The summed E-state index contributed by atoms with van der Waals surface area (Å²) in [6, 6.07) is 17.7. The molecule has 3 aromatic carbocycles. The van der Waals surface area contributed by atoms with Crippen LogP contribution in [0.1, 0.15) is 35.9 Å². The first kappa shape index (κ1) is 20.2. The molecule has 4 aromatic rings. The van der Waals surface area contributed by atoms with E-state index in [1.165, 1.54) is 6.07 Å². The number of halogens is 1. The SMILES string of the molecule is Cc1cccc(C)c1NC(=O)N1CCCC1c1nc2cc(-c3ccccc3F)ccc2o1. The van der Waals surface area contributed by atoms with Crippen molar-refractivity contribution in [2.75, 3.05) is 11.9 Å². The highest BCUT2D eigenvalue weighted by Crippen LogP contribution is 2.35. The number of rotatable bonds is 3. The Morgan fingerprint density at radius 1 is 1.09 bits per heavy atom. The summed E-state index contributed by atoms with van der Waals surface area (Å²) in [6.07, 6.45) is 1.66. The first-order chi connectivity index (χ1) is 15.5. The van der Waals surface area contributed by atoms with E-state index in [4.69, 9.17) is 4.42 Å². The van der Waals surface area contributed by atoms with E-state index < -0.39 is 0 Å². The average molecular weight is 429 g/mol. The molecule has 32 heavy (non-hydrogen) atoms. The molecule has 0 aliphatic carbocycles. The lowest BCUT2D eigenvalue weighted by atomic mass is 10.0. The molecule has 162 valence electrons. The number of hydrogen-bond acceptors (Lipinski definition) is 3. The minimum absolute atomic E-state index is 0.154. The van der Waals surface area contributed by atoms with Crippen molar-refractivity contribution in [2.45, 2.75) is 32.7 Å². The number of amides is 2. The van der Waals surface area contributed by atoms with E-state index in [-0.39, 0.29) is 17.9 Å². The molecule has 1 aliphatic rings. The zero-order chi connectivity index (χ0) is 22.2. The van der Waals surface area contributed by atoms with Crippen LogP contribution in [-0.2, 0) is 0 Å². The molecular formula is C26H24FN3O2. The van der Waals surface area contributed by atoms with Gasteiger partial charge in [-0.15, -0.1) is 0 Å². The molecule has 1 atom stereocenters. The van der Waals surface area contributed by atoms with Gasteiger partial charge in [0.25, 0.3) is 0 Å². The second-order valence-corrected chi connectivity index (χ2v) is 8.26. The fraction of sp³-hybridized carbons (Fsp3) is 0.231. The molecule has 0 spiro atoms. The third kappa shape index (κ3) is 3.62. The van der Waals surface area contributed by atoms with Gasteiger partial charge in [-0.2, -0.15) is 0 Å². The number of carbonyl (C=O) groups is 1. The van der Waals surface area contributed by atoms with Crippen LogP contribution in [0.3, 0.4) is 0 Å². The second-order valence-electron chi connectivity index (χ2n) is 8.26. The molecule has 1 aromatic heterocycles. The van der Waals surface area contributed by atoms with Gasteiger partial charge in [0, 0.05) is 17.8 Å². The van der Waals surface area contributed by atoms with Gasteiger partial charge in [-0.05, 0) is 61.6 Å². The molecule has 2 amide bonds. The Balaban J connectivity index is 1.42. The Hall–Kier alpha value is -3.67. The zero-order valence-corrected chi connectivity index (χ0v) is 18.1. The summed E-state index contributed by atoms with van der Waals surface area (Å²) in [5.74, 6) is 0.237. The lowest BCUT2D eigenvalue weighted by Gasteiger charge is -2.23. The molecule has 5 rings (SSSR count). The van der Waals surface area contributed by atoms with Crippen LogP contribution in [0.2, 0.25) is 0 Å². The van der Waals surface area contributed by atoms with Crippen LogP contribution >= 0.6 is 0 Å². The van der Waals surface area contributed by atoms with Crippen molar-refractivity contribution >= 4 is 22.8 Å². The number of oxazole rings is 1. The van der Waals surface area contributed by atoms with Crippen LogP contribution in [0.4, 0.5) is 14.9 Å². The number of aryl methyl sites for hydroxylation is 2. The highest BCUT2D eigenvalue weighted by atomic mass is 19.1. The normalized spacial score (nSPS) is 16.0. The number of aromatic nitrogens is 1. The zero-order valence-electron chi connectivity index (χ0n) is 18.1. The molecule has 6 heteroatoms. The fourth-order valence-electron chi connectivity index (χ4n) is 4.41. The summed E-state index contributed by atoms with van der Waals surface area (Å²) >= 11 is 0. The second kappa shape index (κ2) is 8.11. The monoisotopic (exact) mass is 429 g/mol. The molecule has 0 bridgehead atoms. The Morgan fingerprint density at radius 2 is 1.88 bits per heavy atom. The molecule has 1 fully saturated rings. The Kier molecular flexibility index (Phi) is 5.13. The number of nitrogens with zero attached hydrogens (tertiary/aromatic N) is 2. The fourth-order valence-corrected chi connectivity index (χ4v) is 4.41. The van der Waals surface area contributed by atoms with Crippen LogP contribution in [0, 0.1) is 19.7 Å². The Bertz CT molecular complexity index is 1290. The molecule has 2 heterocycles. The average Bonchev–Trinajstić information content (AvgIpc) is 3.43. The van der Waals surface area contributed by atoms with E-state index in [2.05, 4.69) is 10.3 Å². The summed E-state index contributed by atoms with van der Waals surface area (Å²) in [6.45, 7) is 4.61. The maximum Gasteiger partial charge on any atom is 0.322 e. The van der Waals surface area contributed by atoms with Gasteiger partial charge in [-0.3, -0.25) is 0 Å². The number of hydrogen-bond donors (Lipinski definition) is 1. The molecule has 5 nitrogen and oxygen atoms in total. The van der Waals surface area contributed by atoms with Gasteiger partial charge in [0.05, 0.1) is 0 Å². The van der Waals surface area contributed by atoms with Crippen molar-refractivity contribution < 1.29 is 13.6 Å².